The smallest absolute Gasteiger partial charge is 0.0950 e. The Morgan fingerprint density at radius 3 is 2.86 bits per heavy atom. The van der Waals surface area contributed by atoms with Gasteiger partial charge in [0.2, 0.25) is 0 Å². The summed E-state index contributed by atoms with van der Waals surface area (Å²) in [6.07, 6.45) is 5.53. The van der Waals surface area contributed by atoms with Crippen LogP contribution in [-0.4, -0.2) is 13.2 Å². The van der Waals surface area contributed by atoms with Crippen LogP contribution in [0.15, 0.2) is 23.0 Å². The second-order valence-corrected chi connectivity index (χ2v) is 3.40. The molecule has 0 radical (unpaired) electrons. The van der Waals surface area contributed by atoms with Crippen LogP contribution < -0.4 is 11.3 Å². The van der Waals surface area contributed by atoms with Crippen LogP contribution in [0.1, 0.15) is 31.4 Å². The van der Waals surface area contributed by atoms with E-state index < -0.39 is 0 Å². The lowest BCUT2D eigenvalue weighted by Crippen LogP contribution is -2.28. The molecule has 0 saturated heterocycles. The zero-order valence-electron chi connectivity index (χ0n) is 8.69. The topological polar surface area (TPSA) is 60.4 Å². The molecule has 0 aromatic carbocycles. The van der Waals surface area contributed by atoms with E-state index in [2.05, 4.69) is 5.43 Å². The molecule has 0 bridgehead atoms. The molecule has 0 amide bonds. The fraction of sp³-hybridized carbons (Fsp3) is 0.600. The Balaban J connectivity index is 2.40. The second kappa shape index (κ2) is 5.80. The number of furan rings is 1. The van der Waals surface area contributed by atoms with Gasteiger partial charge in [-0.15, -0.1) is 0 Å². The van der Waals surface area contributed by atoms with Gasteiger partial charge in [-0.2, -0.15) is 0 Å². The van der Waals surface area contributed by atoms with Crippen LogP contribution in [0.25, 0.3) is 0 Å². The lowest BCUT2D eigenvalue weighted by molar-refractivity contribution is 0.106. The maximum atomic E-state index is 5.46. The predicted octanol–water partition coefficient (Wildman–Crippen LogP) is 1.60. The number of hydrazine groups is 1. The van der Waals surface area contributed by atoms with Crippen LogP contribution in [0.2, 0.25) is 0 Å². The predicted molar refractivity (Wildman–Crippen MR) is 54.5 cm³/mol. The van der Waals surface area contributed by atoms with Crippen molar-refractivity contribution in [2.24, 2.45) is 5.84 Å². The highest BCUT2D eigenvalue weighted by Gasteiger charge is 2.12. The van der Waals surface area contributed by atoms with Gasteiger partial charge in [-0.1, -0.05) is 0 Å². The van der Waals surface area contributed by atoms with E-state index in [1.807, 2.05) is 13.0 Å². The normalized spacial score (nSPS) is 15.4. The highest BCUT2D eigenvalue weighted by atomic mass is 16.5. The van der Waals surface area contributed by atoms with Crippen LogP contribution in [-0.2, 0) is 4.74 Å². The summed E-state index contributed by atoms with van der Waals surface area (Å²) < 4.78 is 10.2. The molecule has 0 aliphatic heterocycles. The van der Waals surface area contributed by atoms with Crippen molar-refractivity contribution in [2.75, 3.05) is 7.11 Å². The third kappa shape index (κ3) is 3.14. The molecule has 4 heteroatoms. The molecule has 0 aliphatic carbocycles. The van der Waals surface area contributed by atoms with E-state index in [0.29, 0.717) is 0 Å². The van der Waals surface area contributed by atoms with E-state index in [0.717, 1.165) is 18.4 Å². The molecule has 2 atom stereocenters. The van der Waals surface area contributed by atoms with Gasteiger partial charge in [0.05, 0.1) is 18.6 Å². The SMILES string of the molecule is COC(C)CCC(NN)c1ccoc1. The lowest BCUT2D eigenvalue weighted by atomic mass is 10.0. The summed E-state index contributed by atoms with van der Waals surface area (Å²) in [5.41, 5.74) is 3.85. The summed E-state index contributed by atoms with van der Waals surface area (Å²) in [5, 5.41) is 0. The van der Waals surface area contributed by atoms with Crippen LogP contribution in [0.3, 0.4) is 0 Å². The molecule has 80 valence electrons. The van der Waals surface area contributed by atoms with E-state index in [1.54, 1.807) is 19.6 Å². The van der Waals surface area contributed by atoms with Gasteiger partial charge in [-0.3, -0.25) is 11.3 Å². The summed E-state index contributed by atoms with van der Waals surface area (Å²) in [6, 6.07) is 2.06. The van der Waals surface area contributed by atoms with Crippen molar-refractivity contribution in [3.8, 4) is 0 Å². The summed E-state index contributed by atoms with van der Waals surface area (Å²) >= 11 is 0. The highest BCUT2D eigenvalue weighted by Crippen LogP contribution is 2.19. The molecule has 14 heavy (non-hydrogen) atoms. The van der Waals surface area contributed by atoms with Gasteiger partial charge >= 0.3 is 0 Å². The first-order chi connectivity index (χ1) is 6.77. The van der Waals surface area contributed by atoms with Crippen molar-refractivity contribution in [1.82, 2.24) is 5.43 Å². The van der Waals surface area contributed by atoms with Crippen LogP contribution in [0, 0.1) is 0 Å². The molecular weight excluding hydrogens is 180 g/mol. The van der Waals surface area contributed by atoms with Crippen LogP contribution >= 0.6 is 0 Å². The molecule has 1 aromatic rings. The van der Waals surface area contributed by atoms with Crippen molar-refractivity contribution >= 4 is 0 Å². The first kappa shape index (κ1) is 11.2. The molecular formula is C10H18N2O2. The Kier molecular flexibility index (Phi) is 4.65. The quantitative estimate of drug-likeness (QED) is 0.538. The molecule has 3 N–H and O–H groups in total. The third-order valence-electron chi connectivity index (χ3n) is 2.41. The van der Waals surface area contributed by atoms with Gasteiger partial charge in [0, 0.05) is 18.7 Å². The molecule has 1 heterocycles. The maximum Gasteiger partial charge on any atom is 0.0950 e. The summed E-state index contributed by atoms with van der Waals surface area (Å²) in [4.78, 5) is 0. The average molecular weight is 198 g/mol. The van der Waals surface area contributed by atoms with Gasteiger partial charge < -0.3 is 9.15 Å². The fourth-order valence-corrected chi connectivity index (χ4v) is 1.34. The molecule has 4 nitrogen and oxygen atoms in total. The standard InChI is InChI=1S/C10H18N2O2/c1-8(13-2)3-4-10(12-11)9-5-6-14-7-9/h5-8,10,12H,3-4,11H2,1-2H3. The largest absolute Gasteiger partial charge is 0.472 e. The highest BCUT2D eigenvalue weighted by molar-refractivity contribution is 5.10. The molecule has 0 aliphatic rings. The summed E-state index contributed by atoms with van der Waals surface area (Å²) in [6.45, 7) is 2.04. The number of hydrogen-bond donors (Lipinski definition) is 2. The Hall–Kier alpha value is -0.840. The van der Waals surface area contributed by atoms with Crippen molar-refractivity contribution in [3.05, 3.63) is 24.2 Å². The molecule has 0 fully saturated rings. The molecule has 1 rings (SSSR count). The fourth-order valence-electron chi connectivity index (χ4n) is 1.34. The molecule has 0 spiro atoms. The monoisotopic (exact) mass is 198 g/mol. The van der Waals surface area contributed by atoms with Crippen molar-refractivity contribution in [3.63, 3.8) is 0 Å². The third-order valence-corrected chi connectivity index (χ3v) is 2.41. The van der Waals surface area contributed by atoms with Crippen LogP contribution in [0.4, 0.5) is 0 Å². The molecule has 2 unspecified atom stereocenters. The van der Waals surface area contributed by atoms with E-state index in [1.165, 1.54) is 0 Å². The van der Waals surface area contributed by atoms with Gasteiger partial charge in [0.15, 0.2) is 0 Å². The summed E-state index contributed by atoms with van der Waals surface area (Å²) in [5.74, 6) is 5.46. The minimum Gasteiger partial charge on any atom is -0.472 e. The van der Waals surface area contributed by atoms with Gasteiger partial charge in [0.1, 0.15) is 0 Å². The van der Waals surface area contributed by atoms with Gasteiger partial charge in [0.25, 0.3) is 0 Å². The average Bonchev–Trinajstić information content (AvgIpc) is 2.72. The minimum atomic E-state index is 0.145. The lowest BCUT2D eigenvalue weighted by Gasteiger charge is -2.16. The van der Waals surface area contributed by atoms with Crippen molar-refractivity contribution in [1.29, 1.82) is 0 Å². The summed E-state index contributed by atoms with van der Waals surface area (Å²) in [7, 11) is 1.72. The first-order valence-electron chi connectivity index (χ1n) is 4.79. The number of methoxy groups -OCH3 is 1. The number of rotatable bonds is 6. The Bertz CT molecular complexity index is 236. The second-order valence-electron chi connectivity index (χ2n) is 3.40. The Morgan fingerprint density at radius 2 is 2.36 bits per heavy atom. The zero-order chi connectivity index (χ0) is 10.4. The zero-order valence-corrected chi connectivity index (χ0v) is 8.69. The first-order valence-corrected chi connectivity index (χ1v) is 4.79. The number of nitrogens with two attached hydrogens (primary N) is 1. The van der Waals surface area contributed by atoms with E-state index >= 15 is 0 Å². The molecule has 0 saturated carbocycles. The van der Waals surface area contributed by atoms with Gasteiger partial charge in [-0.25, -0.2) is 0 Å². The number of hydrogen-bond acceptors (Lipinski definition) is 4. The Labute approximate surface area is 84.4 Å². The van der Waals surface area contributed by atoms with E-state index in [-0.39, 0.29) is 12.1 Å². The van der Waals surface area contributed by atoms with Gasteiger partial charge in [-0.05, 0) is 25.8 Å². The maximum absolute atomic E-state index is 5.46. The minimum absolute atomic E-state index is 0.145. The van der Waals surface area contributed by atoms with E-state index in [4.69, 9.17) is 15.0 Å². The van der Waals surface area contributed by atoms with E-state index in [9.17, 15) is 0 Å². The van der Waals surface area contributed by atoms with Crippen LogP contribution in [0.5, 0.6) is 0 Å². The number of ether oxygens (including phenoxy) is 1. The van der Waals surface area contributed by atoms with Crippen molar-refractivity contribution < 1.29 is 9.15 Å². The molecule has 1 aromatic heterocycles. The Morgan fingerprint density at radius 1 is 1.57 bits per heavy atom. The number of nitrogens with one attached hydrogen (secondary N) is 1. The van der Waals surface area contributed by atoms with Crippen molar-refractivity contribution in [2.45, 2.75) is 31.9 Å².